The molecular weight excluding hydrogens is 174 g/mol. The van der Waals surface area contributed by atoms with Gasteiger partial charge in [0.25, 0.3) is 0 Å². The Morgan fingerprint density at radius 3 is 1.79 bits per heavy atom. The molecule has 1 aliphatic heterocycles. The standard InChI is InChI=1S/C11H19N3/c12-9(13)14-7-10-3-1-4-11(10,8-14)6-2-5-10/h1-8H2,(H3,12,13). The summed E-state index contributed by atoms with van der Waals surface area (Å²) >= 11 is 0. The highest BCUT2D eigenvalue weighted by Crippen LogP contribution is 2.66. The lowest BCUT2D eigenvalue weighted by Crippen LogP contribution is -2.36. The lowest BCUT2D eigenvalue weighted by atomic mass is 9.71. The van der Waals surface area contributed by atoms with Gasteiger partial charge in [-0.2, -0.15) is 0 Å². The van der Waals surface area contributed by atoms with Crippen molar-refractivity contribution >= 4 is 5.96 Å². The zero-order valence-electron chi connectivity index (χ0n) is 8.68. The van der Waals surface area contributed by atoms with Crippen molar-refractivity contribution in [1.82, 2.24) is 4.90 Å². The van der Waals surface area contributed by atoms with E-state index in [2.05, 4.69) is 4.90 Å². The average molecular weight is 193 g/mol. The maximum atomic E-state index is 7.55. The monoisotopic (exact) mass is 193 g/mol. The SMILES string of the molecule is N=C(N)N1CC23CCCC2(CCC3)C1. The van der Waals surface area contributed by atoms with E-state index in [0.29, 0.717) is 16.8 Å². The number of hydrogen-bond acceptors (Lipinski definition) is 1. The Bertz CT molecular complexity index is 254. The molecule has 3 aliphatic rings. The minimum Gasteiger partial charge on any atom is -0.370 e. The second kappa shape index (κ2) is 2.44. The molecule has 0 spiro atoms. The maximum Gasteiger partial charge on any atom is 0.188 e. The number of nitrogens with zero attached hydrogens (tertiary/aromatic N) is 1. The lowest BCUT2D eigenvalue weighted by molar-refractivity contribution is 0.184. The van der Waals surface area contributed by atoms with Crippen LogP contribution in [0.15, 0.2) is 0 Å². The van der Waals surface area contributed by atoms with Gasteiger partial charge in [-0.3, -0.25) is 5.41 Å². The molecule has 14 heavy (non-hydrogen) atoms. The van der Waals surface area contributed by atoms with Crippen molar-refractivity contribution < 1.29 is 0 Å². The van der Waals surface area contributed by atoms with Crippen LogP contribution < -0.4 is 5.73 Å². The molecule has 3 heteroatoms. The smallest absolute Gasteiger partial charge is 0.188 e. The lowest BCUT2D eigenvalue weighted by Gasteiger charge is -2.31. The maximum absolute atomic E-state index is 7.55. The Hall–Kier alpha value is -0.730. The number of nitrogens with one attached hydrogen (secondary N) is 1. The highest BCUT2D eigenvalue weighted by atomic mass is 15.3. The molecule has 2 saturated carbocycles. The molecule has 1 heterocycles. The first-order valence-corrected chi connectivity index (χ1v) is 5.77. The van der Waals surface area contributed by atoms with Crippen molar-refractivity contribution in [3.63, 3.8) is 0 Å². The molecular formula is C11H19N3. The fraction of sp³-hybridized carbons (Fsp3) is 0.909. The van der Waals surface area contributed by atoms with Crippen molar-refractivity contribution in [2.24, 2.45) is 16.6 Å². The van der Waals surface area contributed by atoms with Crippen LogP contribution in [0.3, 0.4) is 0 Å². The quantitative estimate of drug-likeness (QED) is 0.453. The van der Waals surface area contributed by atoms with E-state index in [-0.39, 0.29) is 0 Å². The Labute approximate surface area is 85.2 Å². The van der Waals surface area contributed by atoms with Crippen LogP contribution in [0, 0.1) is 16.2 Å². The van der Waals surface area contributed by atoms with Gasteiger partial charge in [0, 0.05) is 13.1 Å². The van der Waals surface area contributed by atoms with Crippen LogP contribution in [0.5, 0.6) is 0 Å². The van der Waals surface area contributed by atoms with E-state index < -0.39 is 0 Å². The Morgan fingerprint density at radius 2 is 1.43 bits per heavy atom. The van der Waals surface area contributed by atoms with E-state index in [1.165, 1.54) is 38.5 Å². The van der Waals surface area contributed by atoms with Crippen LogP contribution in [0.1, 0.15) is 38.5 Å². The fourth-order valence-corrected chi connectivity index (χ4v) is 4.45. The van der Waals surface area contributed by atoms with Crippen molar-refractivity contribution in [3.8, 4) is 0 Å². The Morgan fingerprint density at radius 1 is 1.00 bits per heavy atom. The van der Waals surface area contributed by atoms with Crippen LogP contribution in [-0.4, -0.2) is 23.9 Å². The normalized spacial score (nSPS) is 45.3. The minimum absolute atomic E-state index is 0.292. The van der Waals surface area contributed by atoms with E-state index >= 15 is 0 Å². The van der Waals surface area contributed by atoms with Gasteiger partial charge in [-0.05, 0) is 36.5 Å². The third-order valence-electron chi connectivity index (χ3n) is 5.07. The molecule has 0 aromatic carbocycles. The molecule has 3 rings (SSSR count). The third kappa shape index (κ3) is 0.812. The van der Waals surface area contributed by atoms with Crippen LogP contribution >= 0.6 is 0 Å². The van der Waals surface area contributed by atoms with Crippen molar-refractivity contribution in [2.45, 2.75) is 38.5 Å². The highest BCUT2D eigenvalue weighted by Gasteiger charge is 2.62. The number of guanidine groups is 1. The summed E-state index contributed by atoms with van der Waals surface area (Å²) < 4.78 is 0. The topological polar surface area (TPSA) is 53.1 Å². The zero-order chi connectivity index (χ0) is 9.81. The Kier molecular flexibility index (Phi) is 1.49. The van der Waals surface area contributed by atoms with Gasteiger partial charge in [0.15, 0.2) is 5.96 Å². The summed E-state index contributed by atoms with van der Waals surface area (Å²) in [6.45, 7) is 2.14. The molecule has 3 nitrogen and oxygen atoms in total. The zero-order valence-corrected chi connectivity index (χ0v) is 8.68. The molecule has 0 unspecified atom stereocenters. The summed E-state index contributed by atoms with van der Waals surface area (Å²) in [7, 11) is 0. The highest BCUT2D eigenvalue weighted by molar-refractivity contribution is 5.75. The van der Waals surface area contributed by atoms with Gasteiger partial charge < -0.3 is 10.6 Å². The van der Waals surface area contributed by atoms with E-state index in [4.69, 9.17) is 11.1 Å². The van der Waals surface area contributed by atoms with Gasteiger partial charge in [-0.25, -0.2) is 0 Å². The van der Waals surface area contributed by atoms with Crippen LogP contribution in [0.25, 0.3) is 0 Å². The van der Waals surface area contributed by atoms with Gasteiger partial charge >= 0.3 is 0 Å². The molecule has 0 amide bonds. The first kappa shape index (κ1) is 8.57. The van der Waals surface area contributed by atoms with Gasteiger partial charge in [-0.15, -0.1) is 0 Å². The molecule has 0 aromatic heterocycles. The summed E-state index contributed by atoms with van der Waals surface area (Å²) in [6.07, 6.45) is 8.36. The Balaban J connectivity index is 1.94. The van der Waals surface area contributed by atoms with Crippen LogP contribution in [0.4, 0.5) is 0 Å². The number of nitrogens with two attached hydrogens (primary N) is 1. The predicted molar refractivity (Wildman–Crippen MR) is 56.1 cm³/mol. The molecule has 2 aliphatic carbocycles. The summed E-state index contributed by atoms with van der Waals surface area (Å²) in [5, 5.41) is 7.55. The molecule has 0 aromatic rings. The molecule has 0 bridgehead atoms. The average Bonchev–Trinajstić information content (AvgIpc) is 2.59. The molecule has 78 valence electrons. The number of likely N-dealkylation sites (tertiary alicyclic amines) is 1. The van der Waals surface area contributed by atoms with E-state index in [1.807, 2.05) is 0 Å². The molecule has 0 radical (unpaired) electrons. The van der Waals surface area contributed by atoms with Crippen LogP contribution in [-0.2, 0) is 0 Å². The summed E-state index contributed by atoms with van der Waals surface area (Å²) in [4.78, 5) is 2.11. The number of hydrogen-bond donors (Lipinski definition) is 2. The van der Waals surface area contributed by atoms with Crippen molar-refractivity contribution in [1.29, 1.82) is 5.41 Å². The van der Waals surface area contributed by atoms with Crippen LogP contribution in [0.2, 0.25) is 0 Å². The largest absolute Gasteiger partial charge is 0.370 e. The van der Waals surface area contributed by atoms with E-state index in [1.54, 1.807) is 0 Å². The summed E-state index contributed by atoms with van der Waals surface area (Å²) in [5.74, 6) is 0.292. The van der Waals surface area contributed by atoms with E-state index in [0.717, 1.165) is 13.1 Å². The van der Waals surface area contributed by atoms with Gasteiger partial charge in [-0.1, -0.05) is 12.8 Å². The van der Waals surface area contributed by atoms with E-state index in [9.17, 15) is 0 Å². The van der Waals surface area contributed by atoms with Gasteiger partial charge in [0.2, 0.25) is 0 Å². The first-order valence-electron chi connectivity index (χ1n) is 5.77. The predicted octanol–water partition coefficient (Wildman–Crippen LogP) is 1.54. The summed E-state index contributed by atoms with van der Waals surface area (Å²) in [6, 6.07) is 0. The second-order valence-corrected chi connectivity index (χ2v) is 5.51. The van der Waals surface area contributed by atoms with Gasteiger partial charge in [0.1, 0.15) is 0 Å². The molecule has 0 atom stereocenters. The van der Waals surface area contributed by atoms with Crippen molar-refractivity contribution in [3.05, 3.63) is 0 Å². The minimum atomic E-state index is 0.292. The summed E-state index contributed by atoms with van der Waals surface area (Å²) in [5.41, 5.74) is 6.72. The molecule has 3 fully saturated rings. The fourth-order valence-electron chi connectivity index (χ4n) is 4.45. The molecule has 1 saturated heterocycles. The second-order valence-electron chi connectivity index (χ2n) is 5.51. The third-order valence-corrected chi connectivity index (χ3v) is 5.07. The molecule has 3 N–H and O–H groups in total. The number of rotatable bonds is 0. The van der Waals surface area contributed by atoms with Gasteiger partial charge in [0.05, 0.1) is 0 Å². The first-order chi connectivity index (χ1) is 6.68. The van der Waals surface area contributed by atoms with Crippen molar-refractivity contribution in [2.75, 3.05) is 13.1 Å².